The molecule has 0 saturated heterocycles. The number of hydrazone groups is 1. The van der Waals surface area contributed by atoms with Crippen molar-refractivity contribution in [3.63, 3.8) is 0 Å². The molecular formula is C26H21N3O. The largest absolute Gasteiger partial charge is 0.430 e. The Morgan fingerprint density at radius 1 is 0.833 bits per heavy atom. The number of hydrogen-bond acceptors (Lipinski definition) is 4. The first-order valence-electron chi connectivity index (χ1n) is 10.4. The Kier molecular flexibility index (Phi) is 4.01. The second-order valence-electron chi connectivity index (χ2n) is 7.87. The normalized spacial score (nSPS) is 19.9. The lowest BCUT2D eigenvalue weighted by Crippen LogP contribution is -2.28. The van der Waals surface area contributed by atoms with Gasteiger partial charge in [0.25, 0.3) is 0 Å². The molecule has 1 aliphatic carbocycles. The predicted molar refractivity (Wildman–Crippen MR) is 118 cm³/mol. The number of rotatable bonds is 3. The average molecular weight is 391 g/mol. The van der Waals surface area contributed by atoms with Crippen LogP contribution in [0.4, 0.5) is 6.01 Å². The monoisotopic (exact) mass is 391 g/mol. The van der Waals surface area contributed by atoms with Gasteiger partial charge < -0.3 is 4.42 Å². The molecule has 146 valence electrons. The number of aromatic nitrogens is 1. The molecule has 6 rings (SSSR count). The quantitative estimate of drug-likeness (QED) is 0.439. The van der Waals surface area contributed by atoms with Crippen LogP contribution >= 0.6 is 0 Å². The van der Waals surface area contributed by atoms with Gasteiger partial charge in [-0.15, -0.1) is 0 Å². The van der Waals surface area contributed by atoms with Crippen molar-refractivity contribution in [2.45, 2.75) is 18.9 Å². The average Bonchev–Trinajstić information content (AvgIpc) is 3.45. The van der Waals surface area contributed by atoms with Crippen LogP contribution in [0.25, 0.3) is 11.3 Å². The number of nitrogens with zero attached hydrogens (tertiary/aromatic N) is 3. The third-order valence-electron chi connectivity index (χ3n) is 6.13. The molecule has 2 atom stereocenters. The van der Waals surface area contributed by atoms with Crippen molar-refractivity contribution < 1.29 is 4.42 Å². The molecule has 0 amide bonds. The number of hydrogen-bond donors (Lipinski definition) is 0. The highest BCUT2D eigenvalue weighted by Crippen LogP contribution is 2.45. The fraction of sp³-hybridized carbons (Fsp3) is 0.154. The van der Waals surface area contributed by atoms with Crippen LogP contribution in [0.2, 0.25) is 0 Å². The van der Waals surface area contributed by atoms with E-state index >= 15 is 0 Å². The zero-order valence-corrected chi connectivity index (χ0v) is 16.5. The fourth-order valence-electron chi connectivity index (χ4n) is 4.72. The first-order chi connectivity index (χ1) is 14.9. The molecule has 0 spiro atoms. The van der Waals surface area contributed by atoms with Gasteiger partial charge in [-0.05, 0) is 24.0 Å². The molecule has 2 aliphatic rings. The van der Waals surface area contributed by atoms with E-state index in [1.165, 1.54) is 16.7 Å². The minimum Gasteiger partial charge on any atom is -0.430 e. The minimum atomic E-state index is 0.0804. The molecule has 2 heterocycles. The smallest absolute Gasteiger partial charge is 0.319 e. The summed E-state index contributed by atoms with van der Waals surface area (Å²) < 4.78 is 5.96. The van der Waals surface area contributed by atoms with Crippen molar-refractivity contribution in [2.24, 2.45) is 11.0 Å². The van der Waals surface area contributed by atoms with Gasteiger partial charge in [0.2, 0.25) is 0 Å². The third-order valence-corrected chi connectivity index (χ3v) is 6.13. The maximum Gasteiger partial charge on any atom is 0.319 e. The number of aryl methyl sites for hydroxylation is 1. The van der Waals surface area contributed by atoms with Crippen molar-refractivity contribution in [3.05, 3.63) is 108 Å². The number of anilines is 1. The maximum atomic E-state index is 5.96. The second kappa shape index (κ2) is 6.99. The lowest BCUT2D eigenvalue weighted by atomic mass is 9.77. The summed E-state index contributed by atoms with van der Waals surface area (Å²) in [6, 6.07) is 30.0. The zero-order chi connectivity index (χ0) is 19.9. The van der Waals surface area contributed by atoms with Gasteiger partial charge >= 0.3 is 6.01 Å². The van der Waals surface area contributed by atoms with Crippen LogP contribution in [0, 0.1) is 5.92 Å². The molecule has 4 nitrogen and oxygen atoms in total. The SMILES string of the molecule is c1ccc(-c2coc(N3N=C4c5ccccc5CC[C@@H]4[C@H]3c3ccccc3)n2)cc1. The number of oxazole rings is 1. The molecule has 1 aromatic heterocycles. The van der Waals surface area contributed by atoms with Gasteiger partial charge in [-0.2, -0.15) is 10.1 Å². The summed E-state index contributed by atoms with van der Waals surface area (Å²) in [6.07, 6.45) is 3.86. The van der Waals surface area contributed by atoms with Gasteiger partial charge in [0.15, 0.2) is 0 Å². The van der Waals surface area contributed by atoms with E-state index in [4.69, 9.17) is 14.5 Å². The Balaban J connectivity index is 1.46. The van der Waals surface area contributed by atoms with E-state index in [9.17, 15) is 0 Å². The lowest BCUT2D eigenvalue weighted by Gasteiger charge is -2.29. The van der Waals surface area contributed by atoms with E-state index in [0.29, 0.717) is 11.9 Å². The Hall–Kier alpha value is -3.66. The van der Waals surface area contributed by atoms with E-state index in [0.717, 1.165) is 29.8 Å². The summed E-state index contributed by atoms with van der Waals surface area (Å²) in [7, 11) is 0. The molecule has 1 aliphatic heterocycles. The van der Waals surface area contributed by atoms with Crippen LogP contribution in [-0.2, 0) is 6.42 Å². The van der Waals surface area contributed by atoms with Crippen molar-refractivity contribution in [2.75, 3.05) is 5.01 Å². The summed E-state index contributed by atoms with van der Waals surface area (Å²) in [5.41, 5.74) is 6.88. The van der Waals surface area contributed by atoms with E-state index in [-0.39, 0.29) is 6.04 Å². The highest BCUT2D eigenvalue weighted by molar-refractivity contribution is 6.06. The van der Waals surface area contributed by atoms with Crippen LogP contribution in [0.3, 0.4) is 0 Å². The molecule has 0 unspecified atom stereocenters. The van der Waals surface area contributed by atoms with Crippen LogP contribution in [0.5, 0.6) is 0 Å². The van der Waals surface area contributed by atoms with Crippen molar-refractivity contribution in [3.8, 4) is 11.3 Å². The van der Waals surface area contributed by atoms with Crippen molar-refractivity contribution in [1.29, 1.82) is 0 Å². The first-order valence-corrected chi connectivity index (χ1v) is 10.4. The Labute approximate surface area is 175 Å². The third kappa shape index (κ3) is 2.76. The Bertz CT molecular complexity index is 1210. The Morgan fingerprint density at radius 3 is 2.40 bits per heavy atom. The van der Waals surface area contributed by atoms with Gasteiger partial charge in [-0.25, -0.2) is 5.01 Å². The first kappa shape index (κ1) is 17.2. The molecular weight excluding hydrogens is 370 g/mol. The molecule has 0 N–H and O–H groups in total. The van der Waals surface area contributed by atoms with Crippen molar-refractivity contribution >= 4 is 11.7 Å². The van der Waals surface area contributed by atoms with E-state index in [1.54, 1.807) is 6.26 Å². The van der Waals surface area contributed by atoms with Gasteiger partial charge in [-0.1, -0.05) is 84.9 Å². The van der Waals surface area contributed by atoms with Gasteiger partial charge in [-0.3, -0.25) is 0 Å². The van der Waals surface area contributed by atoms with Crippen LogP contribution in [-0.4, -0.2) is 10.7 Å². The van der Waals surface area contributed by atoms with E-state index in [2.05, 4.69) is 54.6 Å². The number of fused-ring (bicyclic) bond motifs is 3. The molecule has 0 fully saturated rings. The summed E-state index contributed by atoms with van der Waals surface area (Å²) in [5.74, 6) is 0.314. The summed E-state index contributed by atoms with van der Waals surface area (Å²) in [5, 5.41) is 7.07. The van der Waals surface area contributed by atoms with Crippen molar-refractivity contribution in [1.82, 2.24) is 4.98 Å². The topological polar surface area (TPSA) is 41.6 Å². The zero-order valence-electron chi connectivity index (χ0n) is 16.5. The Morgan fingerprint density at radius 2 is 1.57 bits per heavy atom. The standard InChI is InChI=1S/C26H21N3O/c1-3-10-19(11-4-1)23-17-30-26(27-23)29-25(20-12-5-2-6-13-20)22-16-15-18-9-7-8-14-21(18)24(22)28-29/h1-14,17,22,25H,15-16H2/t22-,25+/m0/s1. The van der Waals surface area contributed by atoms with Gasteiger partial charge in [0.1, 0.15) is 12.0 Å². The summed E-state index contributed by atoms with van der Waals surface area (Å²) in [4.78, 5) is 4.80. The second-order valence-corrected chi connectivity index (χ2v) is 7.87. The number of benzene rings is 3. The van der Waals surface area contributed by atoms with Gasteiger partial charge in [0, 0.05) is 17.0 Å². The van der Waals surface area contributed by atoms with Crippen LogP contribution < -0.4 is 5.01 Å². The van der Waals surface area contributed by atoms with Crippen LogP contribution in [0.1, 0.15) is 29.2 Å². The molecule has 4 heteroatoms. The molecule has 4 aromatic rings. The minimum absolute atomic E-state index is 0.0804. The molecule has 3 aromatic carbocycles. The van der Waals surface area contributed by atoms with E-state index < -0.39 is 0 Å². The highest BCUT2D eigenvalue weighted by Gasteiger charge is 2.43. The molecule has 0 radical (unpaired) electrons. The van der Waals surface area contributed by atoms with Gasteiger partial charge in [0.05, 0.1) is 11.8 Å². The fourth-order valence-corrected chi connectivity index (χ4v) is 4.72. The molecule has 0 bridgehead atoms. The van der Waals surface area contributed by atoms with Crippen LogP contribution in [0.15, 0.2) is 101 Å². The van der Waals surface area contributed by atoms with E-state index in [1.807, 2.05) is 35.3 Å². The highest BCUT2D eigenvalue weighted by atomic mass is 16.4. The lowest BCUT2D eigenvalue weighted by molar-refractivity contribution is 0.463. The molecule has 30 heavy (non-hydrogen) atoms. The predicted octanol–water partition coefficient (Wildman–Crippen LogP) is 5.87. The molecule has 0 saturated carbocycles. The summed E-state index contributed by atoms with van der Waals surface area (Å²) in [6.45, 7) is 0. The summed E-state index contributed by atoms with van der Waals surface area (Å²) >= 11 is 0. The maximum absolute atomic E-state index is 5.96.